The first-order valence-electron chi connectivity index (χ1n) is 8.69. The van der Waals surface area contributed by atoms with Crippen LogP contribution in [0.4, 0.5) is 0 Å². The van der Waals surface area contributed by atoms with E-state index in [0.29, 0.717) is 0 Å². The molecular weight excluding hydrogens is 330 g/mol. The van der Waals surface area contributed by atoms with E-state index in [1.165, 1.54) is 22.3 Å². The lowest BCUT2D eigenvalue weighted by Gasteiger charge is -2.11. The predicted octanol–water partition coefficient (Wildman–Crippen LogP) is 6.28. The molecule has 0 aliphatic heterocycles. The lowest BCUT2D eigenvalue weighted by atomic mass is 9.97. The molecule has 2 heterocycles. The van der Waals surface area contributed by atoms with E-state index >= 15 is 0 Å². The molecule has 0 aliphatic rings. The number of nitrogens with zero attached hydrogens (tertiary/aromatic N) is 2. The molecule has 0 radical (unpaired) electrons. The maximum atomic E-state index is 4.67. The van der Waals surface area contributed by atoms with Crippen molar-refractivity contribution in [3.63, 3.8) is 0 Å². The highest BCUT2D eigenvalue weighted by Crippen LogP contribution is 2.34. The number of rotatable bonds is 2. The molecule has 5 aromatic rings. The average Bonchev–Trinajstić information content (AvgIpc) is 2.74. The van der Waals surface area contributed by atoms with Crippen molar-refractivity contribution in [2.24, 2.45) is 0 Å². The molecule has 0 aliphatic carbocycles. The first-order chi connectivity index (χ1) is 12.9. The highest BCUT2D eigenvalue weighted by molar-refractivity contribution is 6.11. The summed E-state index contributed by atoms with van der Waals surface area (Å²) in [5, 5.41) is 2.26. The van der Waals surface area contributed by atoms with Gasteiger partial charge in [-0.3, -0.25) is 9.97 Å². The minimum Gasteiger partial charge on any atom is -0.344 e. The molecule has 0 atom stereocenters. The Morgan fingerprint density at radius 1 is 0.444 bits per heavy atom. The third-order valence-corrected chi connectivity index (χ3v) is 4.79. The van der Waals surface area contributed by atoms with E-state index in [1.54, 1.807) is 0 Å². The minimum atomic E-state index is 0. The fourth-order valence-electron chi connectivity index (χ4n) is 3.57. The van der Waals surface area contributed by atoms with E-state index in [4.69, 9.17) is 0 Å². The number of aromatic nitrogens is 2. The molecule has 3 nitrogen and oxygen atoms in total. The molecule has 27 heavy (non-hydrogen) atoms. The Hall–Kier alpha value is -3.56. The van der Waals surface area contributed by atoms with Gasteiger partial charge in [0.2, 0.25) is 0 Å². The summed E-state index contributed by atoms with van der Waals surface area (Å²) in [7, 11) is 0. The van der Waals surface area contributed by atoms with Crippen LogP contribution in [0.15, 0.2) is 97.3 Å². The topological polar surface area (TPSA) is 60.8 Å². The van der Waals surface area contributed by atoms with Gasteiger partial charge in [-0.15, -0.1) is 0 Å². The molecule has 3 aromatic carbocycles. The maximum Gasteiger partial charge on any atom is 0.0970 e. The first-order valence-corrected chi connectivity index (χ1v) is 8.69. The summed E-state index contributed by atoms with van der Waals surface area (Å²) < 4.78 is 0. The van der Waals surface area contributed by atoms with Crippen LogP contribution in [0.1, 0.15) is 0 Å². The van der Waals surface area contributed by atoms with E-state index in [9.17, 15) is 0 Å². The van der Waals surface area contributed by atoms with Crippen molar-refractivity contribution in [1.29, 1.82) is 0 Å². The van der Waals surface area contributed by atoms with E-state index in [2.05, 4.69) is 82.8 Å². The van der Waals surface area contributed by atoms with Crippen molar-refractivity contribution in [1.82, 2.24) is 16.1 Å². The second-order valence-electron chi connectivity index (χ2n) is 6.31. The van der Waals surface area contributed by atoms with Gasteiger partial charge in [0.05, 0.1) is 11.0 Å². The number of fused-ring (bicyclic) bond motifs is 3. The van der Waals surface area contributed by atoms with Gasteiger partial charge in [-0.05, 0) is 34.4 Å². The molecule has 0 amide bonds. The molecule has 0 saturated heterocycles. The fraction of sp³-hybridized carbons (Fsp3) is 0. The maximum absolute atomic E-state index is 4.67. The van der Waals surface area contributed by atoms with Crippen LogP contribution < -0.4 is 6.15 Å². The second-order valence-corrected chi connectivity index (χ2v) is 6.31. The van der Waals surface area contributed by atoms with Gasteiger partial charge in [0.1, 0.15) is 0 Å². The number of hydrogen-bond acceptors (Lipinski definition) is 3. The minimum absolute atomic E-state index is 0. The van der Waals surface area contributed by atoms with Crippen LogP contribution in [-0.4, -0.2) is 9.97 Å². The molecule has 0 unspecified atom stereocenters. The van der Waals surface area contributed by atoms with Gasteiger partial charge >= 0.3 is 0 Å². The third-order valence-electron chi connectivity index (χ3n) is 4.79. The zero-order valence-electron chi connectivity index (χ0n) is 14.8. The summed E-state index contributed by atoms with van der Waals surface area (Å²) in [5.41, 5.74) is 6.65. The van der Waals surface area contributed by atoms with Crippen molar-refractivity contribution < 1.29 is 0 Å². The van der Waals surface area contributed by atoms with Crippen LogP contribution >= 0.6 is 0 Å². The molecule has 0 saturated carbocycles. The van der Waals surface area contributed by atoms with Gasteiger partial charge in [0.15, 0.2) is 0 Å². The zero-order valence-corrected chi connectivity index (χ0v) is 14.8. The first kappa shape index (κ1) is 16.9. The molecule has 5 rings (SSSR count). The Morgan fingerprint density at radius 3 is 1.26 bits per heavy atom. The number of hydrogen-bond donors (Lipinski definition) is 1. The van der Waals surface area contributed by atoms with E-state index < -0.39 is 0 Å². The van der Waals surface area contributed by atoms with Gasteiger partial charge in [-0.1, -0.05) is 72.8 Å². The van der Waals surface area contributed by atoms with E-state index in [0.717, 1.165) is 21.8 Å². The van der Waals surface area contributed by atoms with Gasteiger partial charge in [0.25, 0.3) is 0 Å². The normalized spacial score (nSPS) is 10.7. The van der Waals surface area contributed by atoms with Crippen molar-refractivity contribution in [2.75, 3.05) is 0 Å². The molecule has 0 bridgehead atoms. The lowest BCUT2D eigenvalue weighted by Crippen LogP contribution is -1.90. The van der Waals surface area contributed by atoms with E-state index in [1.807, 2.05) is 24.5 Å². The van der Waals surface area contributed by atoms with Crippen LogP contribution in [-0.2, 0) is 0 Å². The van der Waals surface area contributed by atoms with Crippen molar-refractivity contribution >= 4 is 21.8 Å². The van der Waals surface area contributed by atoms with Crippen molar-refractivity contribution in [3.8, 4) is 22.3 Å². The molecular formula is C24H19N3. The lowest BCUT2D eigenvalue weighted by molar-refractivity contribution is 1.37. The summed E-state index contributed by atoms with van der Waals surface area (Å²) >= 11 is 0. The zero-order chi connectivity index (χ0) is 17.3. The highest BCUT2D eigenvalue weighted by Gasteiger charge is 2.11. The smallest absolute Gasteiger partial charge is 0.0970 e. The molecule has 0 spiro atoms. The largest absolute Gasteiger partial charge is 0.344 e. The Kier molecular flexibility index (Phi) is 4.37. The predicted molar refractivity (Wildman–Crippen MR) is 113 cm³/mol. The summed E-state index contributed by atoms with van der Waals surface area (Å²) in [6.07, 6.45) is 3.75. The Morgan fingerprint density at radius 2 is 0.852 bits per heavy atom. The summed E-state index contributed by atoms with van der Waals surface area (Å²) in [4.78, 5) is 9.34. The number of pyridine rings is 2. The van der Waals surface area contributed by atoms with Crippen LogP contribution in [0, 0.1) is 0 Å². The van der Waals surface area contributed by atoms with Crippen molar-refractivity contribution in [3.05, 3.63) is 97.3 Å². The second kappa shape index (κ2) is 6.98. The van der Waals surface area contributed by atoms with Crippen LogP contribution in [0.3, 0.4) is 0 Å². The van der Waals surface area contributed by atoms with Gasteiger partial charge in [-0.2, -0.15) is 0 Å². The molecule has 0 fully saturated rings. The summed E-state index contributed by atoms with van der Waals surface area (Å²) in [6, 6.07) is 29.3. The highest BCUT2D eigenvalue weighted by atomic mass is 14.7. The Bertz CT molecular complexity index is 1120. The Balaban J connectivity index is 0.00000180. The van der Waals surface area contributed by atoms with Crippen LogP contribution in [0.25, 0.3) is 44.1 Å². The quantitative estimate of drug-likeness (QED) is 0.382. The van der Waals surface area contributed by atoms with Crippen LogP contribution in [0.2, 0.25) is 0 Å². The monoisotopic (exact) mass is 349 g/mol. The van der Waals surface area contributed by atoms with Crippen molar-refractivity contribution in [2.45, 2.75) is 0 Å². The SMILES string of the molecule is N.c1ccc(-c2ccnc3c2ccc2c(-c4ccccc4)ccnc23)cc1. The molecule has 3 N–H and O–H groups in total. The Labute approximate surface area is 157 Å². The number of benzene rings is 3. The standard InChI is InChI=1S/C24H16N2.H3N/c1-3-7-17(8-4-1)19-13-15-25-23-21(19)11-12-22-20(14-16-26-24(22)23)18-9-5-2-6-10-18;/h1-16H;1H3. The van der Waals surface area contributed by atoms with Gasteiger partial charge < -0.3 is 6.15 Å². The summed E-state index contributed by atoms with van der Waals surface area (Å²) in [5.74, 6) is 0. The molecule has 130 valence electrons. The summed E-state index contributed by atoms with van der Waals surface area (Å²) in [6.45, 7) is 0. The van der Waals surface area contributed by atoms with E-state index in [-0.39, 0.29) is 6.15 Å². The average molecular weight is 349 g/mol. The van der Waals surface area contributed by atoms with Gasteiger partial charge in [0, 0.05) is 23.2 Å². The van der Waals surface area contributed by atoms with Crippen LogP contribution in [0.5, 0.6) is 0 Å². The molecule has 3 heteroatoms. The molecule has 2 aromatic heterocycles. The third kappa shape index (κ3) is 2.84. The van der Waals surface area contributed by atoms with Gasteiger partial charge in [-0.25, -0.2) is 0 Å². The fourth-order valence-corrected chi connectivity index (χ4v) is 3.57.